The summed E-state index contributed by atoms with van der Waals surface area (Å²) < 4.78 is 37.3. The van der Waals surface area contributed by atoms with Gasteiger partial charge in [-0.3, -0.25) is 4.79 Å². The highest BCUT2D eigenvalue weighted by atomic mass is 32.2. The van der Waals surface area contributed by atoms with E-state index in [-0.39, 0.29) is 29.9 Å². The lowest BCUT2D eigenvalue weighted by Crippen LogP contribution is -2.43. The van der Waals surface area contributed by atoms with Crippen LogP contribution in [0.2, 0.25) is 0 Å². The van der Waals surface area contributed by atoms with Crippen LogP contribution in [0.4, 0.5) is 5.69 Å². The van der Waals surface area contributed by atoms with E-state index < -0.39 is 21.9 Å². The standard InChI is InChI=1S/C20H24N2O6S2/c1-2-27-18(23)14-28-17-8-3-7-16(12-17)21-20(24)15-6-4-10-22(13-15)30(25,26)19-9-5-11-29-19/h3,5,7-9,11-12,15H,2,4,6,10,13-14H2,1H3,(H,21,24). The molecule has 1 aromatic heterocycles. The lowest BCUT2D eigenvalue weighted by molar-refractivity contribution is -0.145. The number of sulfonamides is 1. The number of nitrogens with zero attached hydrogens (tertiary/aromatic N) is 1. The van der Waals surface area contributed by atoms with Crippen molar-refractivity contribution in [2.24, 2.45) is 5.92 Å². The lowest BCUT2D eigenvalue weighted by Gasteiger charge is -2.30. The summed E-state index contributed by atoms with van der Waals surface area (Å²) >= 11 is 1.17. The van der Waals surface area contributed by atoms with Crippen molar-refractivity contribution >= 4 is 38.9 Å². The number of nitrogens with one attached hydrogen (secondary N) is 1. The number of benzene rings is 1. The van der Waals surface area contributed by atoms with Gasteiger partial charge in [0.1, 0.15) is 9.96 Å². The predicted octanol–water partition coefficient (Wildman–Crippen LogP) is 2.73. The van der Waals surface area contributed by atoms with Gasteiger partial charge in [-0.2, -0.15) is 4.31 Å². The molecule has 1 aliphatic rings. The molecule has 0 bridgehead atoms. The number of hydrogen-bond donors (Lipinski definition) is 1. The summed E-state index contributed by atoms with van der Waals surface area (Å²) in [6, 6.07) is 9.96. The predicted molar refractivity (Wildman–Crippen MR) is 113 cm³/mol. The second-order valence-electron chi connectivity index (χ2n) is 6.75. The highest BCUT2D eigenvalue weighted by Gasteiger charge is 2.33. The van der Waals surface area contributed by atoms with Gasteiger partial charge in [0, 0.05) is 24.8 Å². The molecule has 8 nitrogen and oxygen atoms in total. The quantitative estimate of drug-likeness (QED) is 0.618. The third-order valence-corrected chi connectivity index (χ3v) is 7.85. The normalized spacial score (nSPS) is 17.3. The van der Waals surface area contributed by atoms with Crippen LogP contribution < -0.4 is 10.1 Å². The van der Waals surface area contributed by atoms with Crippen LogP contribution in [0.3, 0.4) is 0 Å². The van der Waals surface area contributed by atoms with Crippen molar-refractivity contribution in [1.82, 2.24) is 4.31 Å². The first-order valence-electron chi connectivity index (χ1n) is 9.63. The summed E-state index contributed by atoms with van der Waals surface area (Å²) in [6.07, 6.45) is 1.23. The molecular formula is C20H24N2O6S2. The molecule has 1 aliphatic heterocycles. The number of carbonyl (C=O) groups is 2. The molecule has 1 aromatic carbocycles. The first kappa shape index (κ1) is 22.3. The van der Waals surface area contributed by atoms with Crippen LogP contribution in [0.25, 0.3) is 0 Å². The number of carbonyl (C=O) groups excluding carboxylic acids is 2. The van der Waals surface area contributed by atoms with Crippen LogP contribution in [0.15, 0.2) is 46.0 Å². The van der Waals surface area contributed by atoms with Crippen molar-refractivity contribution in [1.29, 1.82) is 0 Å². The Balaban J connectivity index is 1.60. The summed E-state index contributed by atoms with van der Waals surface area (Å²) in [6.45, 7) is 2.32. The SMILES string of the molecule is CCOC(=O)COc1cccc(NC(=O)C2CCCN(S(=O)(=O)c3cccs3)C2)c1. The molecule has 2 heterocycles. The maximum Gasteiger partial charge on any atom is 0.344 e. The van der Waals surface area contributed by atoms with E-state index in [9.17, 15) is 18.0 Å². The van der Waals surface area contributed by atoms with Crippen LogP contribution in [0.5, 0.6) is 5.75 Å². The van der Waals surface area contributed by atoms with Crippen LogP contribution in [-0.4, -0.2) is 50.9 Å². The monoisotopic (exact) mass is 452 g/mol. The van der Waals surface area contributed by atoms with Gasteiger partial charge in [0.25, 0.3) is 10.0 Å². The summed E-state index contributed by atoms with van der Waals surface area (Å²) in [5, 5.41) is 4.54. The fourth-order valence-corrected chi connectivity index (χ4v) is 5.83. The van der Waals surface area contributed by atoms with Crippen molar-refractivity contribution in [3.8, 4) is 5.75 Å². The van der Waals surface area contributed by atoms with Gasteiger partial charge < -0.3 is 14.8 Å². The zero-order chi connectivity index (χ0) is 21.6. The molecule has 1 amide bonds. The van der Waals surface area contributed by atoms with Gasteiger partial charge in [-0.1, -0.05) is 12.1 Å². The Morgan fingerprint density at radius 2 is 2.10 bits per heavy atom. The van der Waals surface area contributed by atoms with E-state index in [0.29, 0.717) is 30.8 Å². The minimum atomic E-state index is -3.58. The largest absolute Gasteiger partial charge is 0.482 e. The van der Waals surface area contributed by atoms with E-state index in [1.807, 2.05) is 0 Å². The summed E-state index contributed by atoms with van der Waals surface area (Å²) in [4.78, 5) is 24.2. The molecule has 1 unspecified atom stereocenters. The fourth-order valence-electron chi connectivity index (χ4n) is 3.17. The third-order valence-electron chi connectivity index (χ3n) is 4.61. The van der Waals surface area contributed by atoms with Gasteiger partial charge in [0.05, 0.1) is 12.5 Å². The molecule has 10 heteroatoms. The van der Waals surface area contributed by atoms with Crippen LogP contribution in [0.1, 0.15) is 19.8 Å². The smallest absolute Gasteiger partial charge is 0.344 e. The maximum absolute atomic E-state index is 12.7. The van der Waals surface area contributed by atoms with Gasteiger partial charge in [-0.15, -0.1) is 11.3 Å². The van der Waals surface area contributed by atoms with Crippen molar-refractivity contribution in [3.05, 3.63) is 41.8 Å². The van der Waals surface area contributed by atoms with E-state index in [1.54, 1.807) is 48.7 Å². The Morgan fingerprint density at radius 1 is 1.27 bits per heavy atom. The first-order valence-corrected chi connectivity index (χ1v) is 11.9. The molecule has 1 fully saturated rings. The van der Waals surface area contributed by atoms with Gasteiger partial charge in [-0.05, 0) is 43.3 Å². The Kier molecular flexibility index (Phi) is 7.46. The average molecular weight is 453 g/mol. The Labute approximate surface area is 179 Å². The van der Waals surface area contributed by atoms with Gasteiger partial charge in [0.15, 0.2) is 6.61 Å². The molecule has 1 atom stereocenters. The first-order chi connectivity index (χ1) is 14.4. The van der Waals surface area contributed by atoms with Crippen molar-refractivity contribution in [2.75, 3.05) is 31.6 Å². The number of ether oxygens (including phenoxy) is 2. The van der Waals surface area contributed by atoms with Crippen LogP contribution in [0, 0.1) is 5.92 Å². The molecule has 0 saturated carbocycles. The molecule has 162 valence electrons. The summed E-state index contributed by atoms with van der Waals surface area (Å²) in [7, 11) is -3.58. The summed E-state index contributed by atoms with van der Waals surface area (Å²) in [5.41, 5.74) is 0.514. The molecule has 30 heavy (non-hydrogen) atoms. The molecule has 0 radical (unpaired) electrons. The van der Waals surface area contributed by atoms with Crippen LogP contribution >= 0.6 is 11.3 Å². The molecule has 0 spiro atoms. The number of amides is 1. The number of anilines is 1. The molecule has 1 saturated heterocycles. The second kappa shape index (κ2) is 10.1. The Hall–Kier alpha value is -2.43. The van der Waals surface area contributed by atoms with E-state index in [1.165, 1.54) is 15.6 Å². The van der Waals surface area contributed by atoms with Gasteiger partial charge >= 0.3 is 5.97 Å². The highest BCUT2D eigenvalue weighted by Crippen LogP contribution is 2.27. The lowest BCUT2D eigenvalue weighted by atomic mass is 9.98. The van der Waals surface area contributed by atoms with Crippen molar-refractivity contribution < 1.29 is 27.5 Å². The molecule has 0 aliphatic carbocycles. The zero-order valence-electron chi connectivity index (χ0n) is 16.6. The average Bonchev–Trinajstić information content (AvgIpc) is 3.29. The molecular weight excluding hydrogens is 428 g/mol. The Morgan fingerprint density at radius 3 is 2.83 bits per heavy atom. The highest BCUT2D eigenvalue weighted by molar-refractivity contribution is 7.91. The molecule has 3 rings (SSSR count). The summed E-state index contributed by atoms with van der Waals surface area (Å²) in [5.74, 6) is -0.742. The topological polar surface area (TPSA) is 102 Å². The van der Waals surface area contributed by atoms with Crippen LogP contribution in [-0.2, 0) is 24.3 Å². The molecule has 1 N–H and O–H groups in total. The number of piperidine rings is 1. The minimum absolute atomic E-state index is 0.144. The minimum Gasteiger partial charge on any atom is -0.482 e. The van der Waals surface area contributed by atoms with E-state index >= 15 is 0 Å². The zero-order valence-corrected chi connectivity index (χ0v) is 18.2. The van der Waals surface area contributed by atoms with Gasteiger partial charge in [-0.25, -0.2) is 13.2 Å². The fraction of sp³-hybridized carbons (Fsp3) is 0.400. The number of thiophene rings is 1. The second-order valence-corrected chi connectivity index (χ2v) is 9.86. The Bertz CT molecular complexity index is 975. The van der Waals surface area contributed by atoms with E-state index in [2.05, 4.69) is 5.32 Å². The maximum atomic E-state index is 12.7. The van der Waals surface area contributed by atoms with Crippen molar-refractivity contribution in [2.45, 2.75) is 24.0 Å². The number of esters is 1. The van der Waals surface area contributed by atoms with Crippen molar-refractivity contribution in [3.63, 3.8) is 0 Å². The van der Waals surface area contributed by atoms with Gasteiger partial charge in [0.2, 0.25) is 5.91 Å². The number of hydrogen-bond acceptors (Lipinski definition) is 7. The third kappa shape index (κ3) is 5.59. The molecule has 2 aromatic rings. The van der Waals surface area contributed by atoms with E-state index in [4.69, 9.17) is 9.47 Å². The van der Waals surface area contributed by atoms with E-state index in [0.717, 1.165) is 0 Å². The number of rotatable bonds is 8.